The summed E-state index contributed by atoms with van der Waals surface area (Å²) in [6.45, 7) is 4.18. The summed E-state index contributed by atoms with van der Waals surface area (Å²) in [5, 5.41) is 7.41. The first-order chi connectivity index (χ1) is 7.49. The molecule has 16 heavy (non-hydrogen) atoms. The molecule has 0 aromatic rings. The van der Waals surface area contributed by atoms with Gasteiger partial charge in [0.05, 0.1) is 5.75 Å². The molecule has 0 saturated heterocycles. The number of nitrogens with two attached hydrogens (primary N) is 1. The number of rotatable bonds is 9. The van der Waals surface area contributed by atoms with Crippen molar-refractivity contribution in [1.29, 1.82) is 0 Å². The van der Waals surface area contributed by atoms with Crippen LogP contribution >= 0.6 is 0 Å². The minimum atomic E-state index is -3.44. The Hall–Kier alpha value is -1.14. The highest BCUT2D eigenvalue weighted by molar-refractivity contribution is 7.89. The van der Waals surface area contributed by atoms with Crippen LogP contribution in [0.3, 0.4) is 0 Å². The predicted octanol–water partition coefficient (Wildman–Crippen LogP) is 0.160. The lowest BCUT2D eigenvalue weighted by molar-refractivity contribution is -0.109. The standard InChI is InChI=1S/C10H18N2O3S/c1-2-4-10(6-7-12-9-13)5-3-8-16(11,14)15/h2-3,5,9-10H,1,4,6-8H2,(H,12,13)(H2,11,14,15)/b5-3-. The first-order valence-electron chi connectivity index (χ1n) is 4.94. The minimum absolute atomic E-state index is 0.165. The van der Waals surface area contributed by atoms with Gasteiger partial charge < -0.3 is 5.32 Å². The maximum absolute atomic E-state index is 10.7. The summed E-state index contributed by atoms with van der Waals surface area (Å²) in [5.41, 5.74) is 0. The van der Waals surface area contributed by atoms with Gasteiger partial charge in [-0.2, -0.15) is 0 Å². The van der Waals surface area contributed by atoms with Crippen LogP contribution in [0.25, 0.3) is 0 Å². The van der Waals surface area contributed by atoms with Gasteiger partial charge in [0, 0.05) is 6.54 Å². The predicted molar refractivity (Wildman–Crippen MR) is 64.1 cm³/mol. The number of hydrogen-bond acceptors (Lipinski definition) is 3. The summed E-state index contributed by atoms with van der Waals surface area (Å²) in [6.07, 6.45) is 7.20. The van der Waals surface area contributed by atoms with Crippen LogP contribution in [-0.4, -0.2) is 27.1 Å². The number of nitrogens with one attached hydrogen (secondary N) is 1. The molecule has 92 valence electrons. The number of carbonyl (C=O) groups excluding carboxylic acids is 1. The Kier molecular flexibility index (Phi) is 7.49. The molecule has 0 bridgehead atoms. The van der Waals surface area contributed by atoms with Crippen LogP contribution < -0.4 is 10.5 Å². The van der Waals surface area contributed by atoms with E-state index in [4.69, 9.17) is 5.14 Å². The lowest BCUT2D eigenvalue weighted by Crippen LogP contribution is -2.16. The first-order valence-corrected chi connectivity index (χ1v) is 6.66. The fourth-order valence-electron chi connectivity index (χ4n) is 1.22. The van der Waals surface area contributed by atoms with Crippen molar-refractivity contribution in [2.45, 2.75) is 12.8 Å². The Morgan fingerprint density at radius 1 is 1.44 bits per heavy atom. The topological polar surface area (TPSA) is 89.3 Å². The van der Waals surface area contributed by atoms with Gasteiger partial charge in [0.1, 0.15) is 0 Å². The summed E-state index contributed by atoms with van der Waals surface area (Å²) >= 11 is 0. The van der Waals surface area contributed by atoms with Gasteiger partial charge in [0.2, 0.25) is 16.4 Å². The lowest BCUT2D eigenvalue weighted by atomic mass is 10.0. The smallest absolute Gasteiger partial charge is 0.212 e. The Bertz CT molecular complexity index is 336. The van der Waals surface area contributed by atoms with Gasteiger partial charge in [-0.15, -0.1) is 6.58 Å². The van der Waals surface area contributed by atoms with E-state index in [0.717, 1.165) is 12.8 Å². The van der Waals surface area contributed by atoms with Gasteiger partial charge in [0.25, 0.3) is 0 Å². The summed E-state index contributed by atoms with van der Waals surface area (Å²) in [7, 11) is -3.44. The quantitative estimate of drug-likeness (QED) is 0.345. The number of allylic oxidation sites excluding steroid dienone is 2. The van der Waals surface area contributed by atoms with Gasteiger partial charge in [0.15, 0.2) is 0 Å². The van der Waals surface area contributed by atoms with Gasteiger partial charge in [-0.25, -0.2) is 13.6 Å². The number of sulfonamides is 1. The van der Waals surface area contributed by atoms with E-state index in [-0.39, 0.29) is 11.7 Å². The molecule has 0 heterocycles. The van der Waals surface area contributed by atoms with Crippen molar-refractivity contribution in [3.63, 3.8) is 0 Å². The summed E-state index contributed by atoms with van der Waals surface area (Å²) < 4.78 is 21.4. The van der Waals surface area contributed by atoms with E-state index in [1.807, 2.05) is 0 Å². The molecule has 0 aromatic heterocycles. The molecule has 0 radical (unpaired) electrons. The number of hydrogen-bond donors (Lipinski definition) is 2. The second-order valence-corrected chi connectivity index (χ2v) is 5.06. The van der Waals surface area contributed by atoms with Crippen molar-refractivity contribution >= 4 is 16.4 Å². The van der Waals surface area contributed by atoms with Crippen LogP contribution in [0.5, 0.6) is 0 Å². The second-order valence-electron chi connectivity index (χ2n) is 3.40. The van der Waals surface area contributed by atoms with Gasteiger partial charge >= 0.3 is 0 Å². The van der Waals surface area contributed by atoms with Crippen LogP contribution in [0.4, 0.5) is 0 Å². The van der Waals surface area contributed by atoms with Crippen LogP contribution in [-0.2, 0) is 14.8 Å². The summed E-state index contributed by atoms with van der Waals surface area (Å²) in [4.78, 5) is 10.0. The maximum atomic E-state index is 10.7. The minimum Gasteiger partial charge on any atom is -0.359 e. The normalized spacial score (nSPS) is 13.6. The molecular weight excluding hydrogens is 228 g/mol. The molecule has 1 unspecified atom stereocenters. The van der Waals surface area contributed by atoms with Crippen molar-refractivity contribution in [3.8, 4) is 0 Å². The summed E-state index contributed by atoms with van der Waals surface area (Å²) in [5.74, 6) is 0.00794. The van der Waals surface area contributed by atoms with Crippen molar-refractivity contribution in [2.24, 2.45) is 11.1 Å². The first kappa shape index (κ1) is 14.9. The zero-order valence-electron chi connectivity index (χ0n) is 9.13. The second kappa shape index (κ2) is 8.06. The van der Waals surface area contributed by atoms with Crippen LogP contribution in [0.2, 0.25) is 0 Å². The molecule has 5 nitrogen and oxygen atoms in total. The van der Waals surface area contributed by atoms with Crippen molar-refractivity contribution in [3.05, 3.63) is 24.8 Å². The van der Waals surface area contributed by atoms with Gasteiger partial charge in [-0.05, 0) is 18.8 Å². The molecule has 1 amide bonds. The molecule has 0 fully saturated rings. The monoisotopic (exact) mass is 246 g/mol. The molecule has 6 heteroatoms. The van der Waals surface area contributed by atoms with Gasteiger partial charge in [-0.1, -0.05) is 18.2 Å². The number of primary sulfonamides is 1. The highest BCUT2D eigenvalue weighted by Crippen LogP contribution is 2.10. The molecule has 0 aliphatic rings. The zero-order valence-corrected chi connectivity index (χ0v) is 9.95. The highest BCUT2D eigenvalue weighted by Gasteiger charge is 2.03. The van der Waals surface area contributed by atoms with Crippen molar-refractivity contribution in [2.75, 3.05) is 12.3 Å². The molecule has 1 atom stereocenters. The SMILES string of the molecule is C=CCC(/C=C\CS(N)(=O)=O)CCNC=O. The average Bonchev–Trinajstić information content (AvgIpc) is 2.16. The average molecular weight is 246 g/mol. The Labute approximate surface area is 96.5 Å². The molecule has 0 saturated carbocycles. The van der Waals surface area contributed by atoms with Crippen LogP contribution in [0.1, 0.15) is 12.8 Å². The molecule has 0 aliphatic carbocycles. The lowest BCUT2D eigenvalue weighted by Gasteiger charge is -2.09. The third-order valence-electron chi connectivity index (χ3n) is 1.95. The van der Waals surface area contributed by atoms with E-state index in [2.05, 4.69) is 11.9 Å². The Morgan fingerprint density at radius 3 is 2.62 bits per heavy atom. The van der Waals surface area contributed by atoms with E-state index < -0.39 is 10.0 Å². The molecule has 0 spiro atoms. The summed E-state index contributed by atoms with van der Waals surface area (Å²) in [6, 6.07) is 0. The number of carbonyl (C=O) groups is 1. The van der Waals surface area contributed by atoms with Gasteiger partial charge in [-0.3, -0.25) is 4.79 Å². The van der Waals surface area contributed by atoms with E-state index in [0.29, 0.717) is 13.0 Å². The van der Waals surface area contributed by atoms with E-state index in [1.54, 1.807) is 12.2 Å². The van der Waals surface area contributed by atoms with E-state index in [9.17, 15) is 13.2 Å². The Balaban J connectivity index is 4.10. The third-order valence-corrected chi connectivity index (χ3v) is 2.61. The highest BCUT2D eigenvalue weighted by atomic mass is 32.2. The van der Waals surface area contributed by atoms with Crippen LogP contribution in [0, 0.1) is 5.92 Å². The maximum Gasteiger partial charge on any atom is 0.212 e. The zero-order chi connectivity index (χ0) is 12.4. The Morgan fingerprint density at radius 2 is 2.12 bits per heavy atom. The molecule has 0 rings (SSSR count). The molecule has 0 aromatic carbocycles. The third kappa shape index (κ3) is 9.42. The fourth-order valence-corrected chi connectivity index (χ4v) is 1.60. The molecule has 3 N–H and O–H groups in total. The van der Waals surface area contributed by atoms with Crippen molar-refractivity contribution in [1.82, 2.24) is 5.32 Å². The molecular formula is C10H18N2O3S. The van der Waals surface area contributed by atoms with E-state index in [1.165, 1.54) is 6.08 Å². The van der Waals surface area contributed by atoms with Crippen molar-refractivity contribution < 1.29 is 13.2 Å². The van der Waals surface area contributed by atoms with E-state index >= 15 is 0 Å². The number of amides is 1. The fraction of sp³-hybridized carbons (Fsp3) is 0.500. The molecule has 0 aliphatic heterocycles. The van der Waals surface area contributed by atoms with Crippen LogP contribution in [0.15, 0.2) is 24.8 Å². The largest absolute Gasteiger partial charge is 0.359 e.